The van der Waals surface area contributed by atoms with Crippen molar-refractivity contribution in [2.75, 3.05) is 39.6 Å². The Morgan fingerprint density at radius 1 is 0.682 bits per heavy atom. The van der Waals surface area contributed by atoms with Crippen LogP contribution in [0.15, 0.2) is 66.7 Å². The molecule has 8 nitrogen and oxygen atoms in total. The van der Waals surface area contributed by atoms with Crippen LogP contribution >= 0.6 is 0 Å². The van der Waals surface area contributed by atoms with E-state index in [1.807, 2.05) is 0 Å². The van der Waals surface area contributed by atoms with Gasteiger partial charge in [-0.05, 0) is 79.6 Å². The van der Waals surface area contributed by atoms with Crippen LogP contribution in [0.25, 0.3) is 0 Å². The number of hydrogen-bond acceptors (Lipinski definition) is 8. The van der Waals surface area contributed by atoms with Gasteiger partial charge in [0.05, 0.1) is 61.6 Å². The molecule has 0 radical (unpaired) electrons. The molecule has 2 aliphatic rings. The Morgan fingerprint density at radius 3 is 1.50 bits per heavy atom. The van der Waals surface area contributed by atoms with Gasteiger partial charge in [-0.2, -0.15) is 13.2 Å². The van der Waals surface area contributed by atoms with E-state index in [1.54, 1.807) is 24.3 Å². The minimum Gasteiger partial charge on any atom is -0.493 e. The fraction of sp³-hybridized carbons (Fsp3) is 0.394. The van der Waals surface area contributed by atoms with Crippen molar-refractivity contribution in [3.05, 3.63) is 83.4 Å². The van der Waals surface area contributed by atoms with E-state index in [0.29, 0.717) is 57.2 Å². The van der Waals surface area contributed by atoms with Gasteiger partial charge in [-0.1, -0.05) is 13.8 Å². The molecule has 0 unspecified atom stereocenters. The molecule has 0 atom stereocenters. The number of carbonyl (C=O) groups is 2. The molecule has 0 saturated carbocycles. The third-order valence-corrected chi connectivity index (χ3v) is 8.07. The smallest absolute Gasteiger partial charge is 0.420 e. The highest BCUT2D eigenvalue weighted by molar-refractivity contribution is 5.92. The summed E-state index contributed by atoms with van der Waals surface area (Å²) in [6, 6.07) is 14.7. The van der Waals surface area contributed by atoms with Gasteiger partial charge in [0.1, 0.15) is 28.6 Å². The highest BCUT2D eigenvalue weighted by Crippen LogP contribution is 2.39. The second-order valence-electron chi connectivity index (χ2n) is 11.3. The van der Waals surface area contributed by atoms with Crippen LogP contribution in [0.5, 0.6) is 23.0 Å². The quantitative estimate of drug-likeness (QED) is 0.163. The molecule has 0 spiro atoms. The van der Waals surface area contributed by atoms with Gasteiger partial charge in [0.2, 0.25) is 0 Å². The van der Waals surface area contributed by atoms with Gasteiger partial charge in [0.15, 0.2) is 0 Å². The SMILES string of the molecule is CCC1(COc2ccc(C(=O)Oc3ccc(OC(=O)c4ccc(OCC5(CC)COC5)cc4)c(C(F)(F)F)c3)cc2)COC1. The Balaban J connectivity index is 1.20. The van der Waals surface area contributed by atoms with Crippen molar-refractivity contribution in [1.29, 1.82) is 0 Å². The molecule has 0 amide bonds. The molecule has 3 aromatic carbocycles. The van der Waals surface area contributed by atoms with Gasteiger partial charge in [0, 0.05) is 0 Å². The summed E-state index contributed by atoms with van der Waals surface area (Å²) in [5.41, 5.74) is -1.15. The van der Waals surface area contributed by atoms with Crippen molar-refractivity contribution < 1.29 is 51.2 Å². The molecule has 2 fully saturated rings. The fourth-order valence-electron chi connectivity index (χ4n) is 4.62. The van der Waals surface area contributed by atoms with E-state index in [4.69, 9.17) is 28.4 Å². The Kier molecular flexibility index (Phi) is 9.17. The average molecular weight is 615 g/mol. The van der Waals surface area contributed by atoms with E-state index in [1.165, 1.54) is 24.3 Å². The molecule has 3 aromatic rings. The molecule has 0 aliphatic carbocycles. The van der Waals surface area contributed by atoms with E-state index < -0.39 is 29.4 Å². The molecule has 2 saturated heterocycles. The number of carbonyl (C=O) groups excluding carboxylic acids is 2. The molecular formula is C33H33F3O8. The Bertz CT molecular complexity index is 1450. The lowest BCUT2D eigenvalue weighted by atomic mass is 9.84. The van der Waals surface area contributed by atoms with Gasteiger partial charge in [-0.15, -0.1) is 0 Å². The first-order chi connectivity index (χ1) is 21.0. The number of rotatable bonds is 12. The highest BCUT2D eigenvalue weighted by Gasteiger charge is 2.39. The van der Waals surface area contributed by atoms with E-state index >= 15 is 0 Å². The zero-order chi connectivity index (χ0) is 31.4. The maximum atomic E-state index is 13.9. The summed E-state index contributed by atoms with van der Waals surface area (Å²) >= 11 is 0. The lowest BCUT2D eigenvalue weighted by Gasteiger charge is -2.40. The maximum absolute atomic E-state index is 13.9. The zero-order valence-corrected chi connectivity index (χ0v) is 24.4. The van der Waals surface area contributed by atoms with Gasteiger partial charge < -0.3 is 28.4 Å². The van der Waals surface area contributed by atoms with Crippen LogP contribution in [-0.4, -0.2) is 51.6 Å². The summed E-state index contributed by atoms with van der Waals surface area (Å²) in [6.45, 7) is 7.54. The molecule has 0 N–H and O–H groups in total. The lowest BCUT2D eigenvalue weighted by molar-refractivity contribution is -0.138. The minimum absolute atomic E-state index is 0.0165. The van der Waals surface area contributed by atoms with Crippen LogP contribution in [0.1, 0.15) is 53.0 Å². The van der Waals surface area contributed by atoms with Crippen LogP contribution in [0.4, 0.5) is 13.2 Å². The maximum Gasteiger partial charge on any atom is 0.420 e. The van der Waals surface area contributed by atoms with E-state index in [2.05, 4.69) is 13.8 Å². The van der Waals surface area contributed by atoms with Crippen molar-refractivity contribution in [2.24, 2.45) is 10.8 Å². The molecule has 0 bridgehead atoms. The third kappa shape index (κ3) is 7.16. The van der Waals surface area contributed by atoms with Crippen molar-refractivity contribution in [3.63, 3.8) is 0 Å². The topological polar surface area (TPSA) is 89.5 Å². The van der Waals surface area contributed by atoms with Gasteiger partial charge >= 0.3 is 18.1 Å². The summed E-state index contributed by atoms with van der Waals surface area (Å²) < 4.78 is 74.2. The fourth-order valence-corrected chi connectivity index (χ4v) is 4.62. The van der Waals surface area contributed by atoms with Gasteiger partial charge in [-0.3, -0.25) is 0 Å². The summed E-state index contributed by atoms with van der Waals surface area (Å²) in [7, 11) is 0. The monoisotopic (exact) mass is 614 g/mol. The second kappa shape index (κ2) is 12.9. The number of benzene rings is 3. The van der Waals surface area contributed by atoms with Crippen molar-refractivity contribution in [2.45, 2.75) is 32.9 Å². The van der Waals surface area contributed by atoms with Crippen molar-refractivity contribution >= 4 is 11.9 Å². The number of ether oxygens (including phenoxy) is 6. The molecule has 11 heteroatoms. The highest BCUT2D eigenvalue weighted by atomic mass is 19.4. The first-order valence-electron chi connectivity index (χ1n) is 14.3. The zero-order valence-electron chi connectivity index (χ0n) is 24.4. The standard InChI is InChI=1S/C33H33F3O8/c1-3-31(16-39-17-31)20-41-24-9-5-22(6-10-24)29(37)43-26-13-14-28(27(15-26)33(34,35)36)44-30(38)23-7-11-25(12-8-23)42-21-32(4-2)18-40-19-32/h5-15H,3-4,16-21H2,1-2H3. The molecule has 44 heavy (non-hydrogen) atoms. The Morgan fingerprint density at radius 2 is 1.11 bits per heavy atom. The molecule has 2 heterocycles. The molecule has 5 rings (SSSR count). The van der Waals surface area contributed by atoms with Crippen LogP contribution in [-0.2, 0) is 15.7 Å². The number of hydrogen-bond donors (Lipinski definition) is 0. The van der Waals surface area contributed by atoms with Crippen molar-refractivity contribution in [3.8, 4) is 23.0 Å². The van der Waals surface area contributed by atoms with Crippen LogP contribution < -0.4 is 18.9 Å². The summed E-state index contributed by atoms with van der Waals surface area (Å²) in [5, 5.41) is 0. The second-order valence-corrected chi connectivity index (χ2v) is 11.3. The Labute approximate surface area is 253 Å². The van der Waals surface area contributed by atoms with Crippen LogP contribution in [0, 0.1) is 10.8 Å². The molecular weight excluding hydrogens is 581 g/mol. The predicted molar refractivity (Wildman–Crippen MR) is 152 cm³/mol. The number of esters is 2. The lowest BCUT2D eigenvalue weighted by Crippen LogP contribution is -2.46. The molecule has 234 valence electrons. The number of halogens is 3. The molecule has 2 aliphatic heterocycles. The minimum atomic E-state index is -4.89. The van der Waals surface area contributed by atoms with Crippen LogP contribution in [0.3, 0.4) is 0 Å². The average Bonchev–Trinajstić information content (AvgIpc) is 2.97. The first kappa shape index (κ1) is 31.3. The Hall–Kier alpha value is -4.09. The normalized spacial score (nSPS) is 16.7. The summed E-state index contributed by atoms with van der Waals surface area (Å²) in [6.07, 6.45) is -3.08. The van der Waals surface area contributed by atoms with Gasteiger partial charge in [-0.25, -0.2) is 9.59 Å². The van der Waals surface area contributed by atoms with E-state index in [0.717, 1.165) is 25.0 Å². The summed E-state index contributed by atoms with van der Waals surface area (Å²) in [5.74, 6) is -1.87. The van der Waals surface area contributed by atoms with E-state index in [-0.39, 0.29) is 27.7 Å². The molecule has 0 aromatic heterocycles. The number of alkyl halides is 3. The summed E-state index contributed by atoms with van der Waals surface area (Å²) in [4.78, 5) is 25.3. The third-order valence-electron chi connectivity index (χ3n) is 8.07. The van der Waals surface area contributed by atoms with Crippen molar-refractivity contribution in [1.82, 2.24) is 0 Å². The van der Waals surface area contributed by atoms with E-state index in [9.17, 15) is 22.8 Å². The largest absolute Gasteiger partial charge is 0.493 e. The van der Waals surface area contributed by atoms with Gasteiger partial charge in [0.25, 0.3) is 0 Å². The predicted octanol–water partition coefficient (Wildman–Crippen LogP) is 6.75. The van der Waals surface area contributed by atoms with Crippen LogP contribution in [0.2, 0.25) is 0 Å². The first-order valence-corrected chi connectivity index (χ1v) is 14.3.